The SMILES string of the molecule is NC(=O)Cc1csc(NC(=O)C2CN(c3cc(-c4ccccc4)ncn3)C2)n1. The Balaban J connectivity index is 1.35. The molecule has 1 aliphatic heterocycles. The average Bonchev–Trinajstić information content (AvgIpc) is 3.07. The van der Waals surface area contributed by atoms with Crippen LogP contribution in [0.4, 0.5) is 10.9 Å². The lowest BCUT2D eigenvalue weighted by Crippen LogP contribution is -2.52. The van der Waals surface area contributed by atoms with E-state index in [0.29, 0.717) is 23.9 Å². The molecule has 0 aliphatic carbocycles. The molecule has 3 N–H and O–H groups in total. The van der Waals surface area contributed by atoms with Crippen molar-refractivity contribution in [2.75, 3.05) is 23.3 Å². The van der Waals surface area contributed by atoms with Crippen LogP contribution in [-0.4, -0.2) is 39.9 Å². The molecule has 142 valence electrons. The number of thiazole rings is 1. The molecule has 9 heteroatoms. The summed E-state index contributed by atoms with van der Waals surface area (Å²) >= 11 is 1.28. The highest BCUT2D eigenvalue weighted by Crippen LogP contribution is 2.27. The van der Waals surface area contributed by atoms with E-state index in [1.54, 1.807) is 11.7 Å². The predicted molar refractivity (Wildman–Crippen MR) is 107 cm³/mol. The van der Waals surface area contributed by atoms with E-state index in [1.807, 2.05) is 41.3 Å². The van der Waals surface area contributed by atoms with Crippen molar-refractivity contribution in [1.82, 2.24) is 15.0 Å². The van der Waals surface area contributed by atoms with E-state index in [-0.39, 0.29) is 18.2 Å². The predicted octanol–water partition coefficient (Wildman–Crippen LogP) is 1.70. The minimum absolute atomic E-state index is 0.0705. The molecule has 8 nitrogen and oxygen atoms in total. The molecule has 28 heavy (non-hydrogen) atoms. The molecule has 3 heterocycles. The first-order valence-electron chi connectivity index (χ1n) is 8.74. The number of rotatable bonds is 6. The van der Waals surface area contributed by atoms with E-state index in [4.69, 9.17) is 5.73 Å². The third kappa shape index (κ3) is 3.99. The topological polar surface area (TPSA) is 114 Å². The number of nitrogens with one attached hydrogen (secondary N) is 1. The van der Waals surface area contributed by atoms with Crippen LogP contribution in [0.5, 0.6) is 0 Å². The molecule has 1 aliphatic rings. The molecule has 1 aromatic carbocycles. The van der Waals surface area contributed by atoms with Crippen LogP contribution < -0.4 is 16.0 Å². The van der Waals surface area contributed by atoms with Gasteiger partial charge in [-0.1, -0.05) is 30.3 Å². The molecule has 0 spiro atoms. The molecule has 0 saturated carbocycles. The lowest BCUT2D eigenvalue weighted by molar-refractivity contribution is -0.120. The van der Waals surface area contributed by atoms with E-state index in [1.165, 1.54) is 11.3 Å². The average molecular weight is 394 g/mol. The van der Waals surface area contributed by atoms with Gasteiger partial charge in [-0.3, -0.25) is 9.59 Å². The second-order valence-electron chi connectivity index (χ2n) is 6.51. The largest absolute Gasteiger partial charge is 0.369 e. The van der Waals surface area contributed by atoms with Crippen molar-refractivity contribution in [3.05, 3.63) is 53.8 Å². The normalized spacial score (nSPS) is 13.8. The van der Waals surface area contributed by atoms with Crippen LogP contribution in [0.1, 0.15) is 5.69 Å². The van der Waals surface area contributed by atoms with Crippen LogP contribution in [0.25, 0.3) is 11.3 Å². The number of benzene rings is 1. The summed E-state index contributed by atoms with van der Waals surface area (Å²) in [5.74, 6) is 0.126. The number of nitrogens with two attached hydrogens (primary N) is 1. The molecular weight excluding hydrogens is 376 g/mol. The number of carbonyl (C=O) groups excluding carboxylic acids is 2. The van der Waals surface area contributed by atoms with E-state index >= 15 is 0 Å². The number of carbonyl (C=O) groups is 2. The zero-order valence-electron chi connectivity index (χ0n) is 14.9. The number of anilines is 2. The quantitative estimate of drug-likeness (QED) is 0.658. The Morgan fingerprint density at radius 1 is 1.21 bits per heavy atom. The molecule has 0 bridgehead atoms. The van der Waals surface area contributed by atoms with Gasteiger partial charge in [0.25, 0.3) is 0 Å². The van der Waals surface area contributed by atoms with Crippen LogP contribution in [-0.2, 0) is 16.0 Å². The molecule has 3 aromatic rings. The van der Waals surface area contributed by atoms with E-state index in [2.05, 4.69) is 20.3 Å². The summed E-state index contributed by atoms with van der Waals surface area (Å²) in [4.78, 5) is 38.2. The first kappa shape index (κ1) is 18.1. The van der Waals surface area contributed by atoms with E-state index in [9.17, 15) is 9.59 Å². The number of aromatic nitrogens is 3. The summed E-state index contributed by atoms with van der Waals surface area (Å²) < 4.78 is 0. The van der Waals surface area contributed by atoms with Crippen molar-refractivity contribution < 1.29 is 9.59 Å². The van der Waals surface area contributed by atoms with Crippen molar-refractivity contribution in [2.45, 2.75) is 6.42 Å². The van der Waals surface area contributed by atoms with Crippen LogP contribution in [0.2, 0.25) is 0 Å². The van der Waals surface area contributed by atoms with Crippen molar-refractivity contribution in [1.29, 1.82) is 0 Å². The molecule has 1 fully saturated rings. The molecule has 4 rings (SSSR count). The Hall–Kier alpha value is -3.33. The van der Waals surface area contributed by atoms with Crippen LogP contribution in [0, 0.1) is 5.92 Å². The lowest BCUT2D eigenvalue weighted by atomic mass is 9.99. The zero-order valence-corrected chi connectivity index (χ0v) is 15.7. The molecule has 0 unspecified atom stereocenters. The van der Waals surface area contributed by atoms with Crippen molar-refractivity contribution in [2.24, 2.45) is 11.7 Å². The molecular formula is C19H18N6O2S. The Morgan fingerprint density at radius 3 is 2.75 bits per heavy atom. The summed E-state index contributed by atoms with van der Waals surface area (Å²) in [5.41, 5.74) is 7.60. The Bertz CT molecular complexity index is 1000. The Morgan fingerprint density at radius 2 is 2.00 bits per heavy atom. The Labute approximate surface area is 165 Å². The van der Waals surface area contributed by atoms with Gasteiger partial charge in [-0.2, -0.15) is 0 Å². The highest BCUT2D eigenvalue weighted by molar-refractivity contribution is 7.13. The summed E-state index contributed by atoms with van der Waals surface area (Å²) in [6.07, 6.45) is 1.61. The third-order valence-electron chi connectivity index (χ3n) is 4.44. The molecule has 0 radical (unpaired) electrons. The fraction of sp³-hybridized carbons (Fsp3) is 0.211. The zero-order chi connectivity index (χ0) is 19.5. The van der Waals surface area contributed by atoms with Gasteiger partial charge in [0.05, 0.1) is 23.7 Å². The van der Waals surface area contributed by atoms with Gasteiger partial charge in [0.1, 0.15) is 12.1 Å². The molecule has 2 aromatic heterocycles. The first-order chi connectivity index (χ1) is 13.6. The number of primary amides is 1. The number of hydrogen-bond acceptors (Lipinski definition) is 7. The minimum atomic E-state index is -0.447. The van der Waals surface area contributed by atoms with Gasteiger partial charge in [-0.15, -0.1) is 11.3 Å². The van der Waals surface area contributed by atoms with Crippen LogP contribution in [0.3, 0.4) is 0 Å². The van der Waals surface area contributed by atoms with Crippen LogP contribution in [0.15, 0.2) is 48.1 Å². The third-order valence-corrected chi connectivity index (χ3v) is 5.24. The second kappa shape index (κ2) is 7.73. The van der Waals surface area contributed by atoms with Crippen molar-refractivity contribution >= 4 is 34.1 Å². The number of hydrogen-bond donors (Lipinski definition) is 2. The summed E-state index contributed by atoms with van der Waals surface area (Å²) in [5, 5.41) is 5.01. The molecule has 2 amide bonds. The summed E-state index contributed by atoms with van der Waals surface area (Å²) in [7, 11) is 0. The fourth-order valence-electron chi connectivity index (χ4n) is 2.95. The van der Waals surface area contributed by atoms with Gasteiger partial charge in [0.15, 0.2) is 5.13 Å². The smallest absolute Gasteiger partial charge is 0.232 e. The highest BCUT2D eigenvalue weighted by atomic mass is 32.1. The number of amides is 2. The maximum Gasteiger partial charge on any atom is 0.232 e. The fourth-order valence-corrected chi connectivity index (χ4v) is 3.66. The van der Waals surface area contributed by atoms with Gasteiger partial charge < -0.3 is 16.0 Å². The van der Waals surface area contributed by atoms with Gasteiger partial charge in [0.2, 0.25) is 11.8 Å². The van der Waals surface area contributed by atoms with Crippen LogP contribution >= 0.6 is 11.3 Å². The highest BCUT2D eigenvalue weighted by Gasteiger charge is 2.34. The van der Waals surface area contributed by atoms with E-state index < -0.39 is 5.91 Å². The number of nitrogens with zero attached hydrogens (tertiary/aromatic N) is 4. The second-order valence-corrected chi connectivity index (χ2v) is 7.36. The van der Waals surface area contributed by atoms with Gasteiger partial charge in [0, 0.05) is 30.1 Å². The minimum Gasteiger partial charge on any atom is -0.369 e. The Kier molecular flexibility index (Phi) is 4.98. The maximum atomic E-state index is 12.4. The molecule has 0 atom stereocenters. The van der Waals surface area contributed by atoms with Gasteiger partial charge in [-0.25, -0.2) is 15.0 Å². The van der Waals surface area contributed by atoms with Gasteiger partial charge in [-0.05, 0) is 0 Å². The lowest BCUT2D eigenvalue weighted by Gasteiger charge is -2.38. The van der Waals surface area contributed by atoms with Crippen molar-refractivity contribution in [3.8, 4) is 11.3 Å². The van der Waals surface area contributed by atoms with Crippen molar-refractivity contribution in [3.63, 3.8) is 0 Å². The summed E-state index contributed by atoms with van der Waals surface area (Å²) in [6.45, 7) is 1.16. The maximum absolute atomic E-state index is 12.4. The molecule has 1 saturated heterocycles. The standard InChI is InChI=1S/C19H18N6O2S/c20-16(26)6-14-10-28-19(23-14)24-18(27)13-8-25(9-13)17-7-15(21-11-22-17)12-4-2-1-3-5-12/h1-5,7,10-11,13H,6,8-9H2,(H2,20,26)(H,23,24,27). The monoisotopic (exact) mass is 394 g/mol. The first-order valence-corrected chi connectivity index (χ1v) is 9.62. The van der Waals surface area contributed by atoms with Gasteiger partial charge >= 0.3 is 0 Å². The summed E-state index contributed by atoms with van der Waals surface area (Å²) in [6, 6.07) is 11.8. The van der Waals surface area contributed by atoms with E-state index in [0.717, 1.165) is 17.1 Å².